The molecule has 0 aliphatic carbocycles. The van der Waals surface area contributed by atoms with Crippen molar-refractivity contribution in [2.75, 3.05) is 38.7 Å². The van der Waals surface area contributed by atoms with Crippen LogP contribution in [0.25, 0.3) is 0 Å². The fourth-order valence-electron chi connectivity index (χ4n) is 4.08. The lowest BCUT2D eigenvalue weighted by Crippen LogP contribution is -2.50. The van der Waals surface area contributed by atoms with Gasteiger partial charge >= 0.3 is 0 Å². The van der Waals surface area contributed by atoms with Crippen molar-refractivity contribution in [2.24, 2.45) is 5.41 Å². The minimum Gasteiger partial charge on any atom is -0.382 e. The maximum atomic E-state index is 13.6. The van der Waals surface area contributed by atoms with E-state index in [1.165, 1.54) is 4.88 Å². The lowest BCUT2D eigenvalue weighted by Gasteiger charge is -2.38. The quantitative estimate of drug-likeness (QED) is 0.317. The third kappa shape index (κ3) is 6.30. The number of carbonyl (C=O) groups excluding carboxylic acids is 2. The second-order valence-electron chi connectivity index (χ2n) is 8.89. The molecule has 0 N–H and O–H groups in total. The largest absolute Gasteiger partial charge is 0.382 e. The van der Waals surface area contributed by atoms with E-state index in [0.29, 0.717) is 37.7 Å². The highest BCUT2D eigenvalue weighted by atomic mass is 35.5. The minimum absolute atomic E-state index is 0.0227. The number of carbonyl (C=O) groups is 2. The smallest absolute Gasteiger partial charge is 0.242 e. The van der Waals surface area contributed by atoms with Gasteiger partial charge in [-0.1, -0.05) is 23.7 Å². The van der Waals surface area contributed by atoms with Crippen molar-refractivity contribution >= 4 is 46.4 Å². The Morgan fingerprint density at radius 1 is 1.24 bits per heavy atom. The van der Waals surface area contributed by atoms with E-state index in [1.54, 1.807) is 16.2 Å². The minimum atomic E-state index is -0.745. The molecule has 0 saturated heterocycles. The van der Waals surface area contributed by atoms with Crippen LogP contribution in [-0.4, -0.2) is 60.3 Å². The second-order valence-corrected chi connectivity index (χ2v) is 10.6. The first-order valence-corrected chi connectivity index (χ1v) is 13.1. The van der Waals surface area contributed by atoms with Gasteiger partial charge in [-0.05, 0) is 68.3 Å². The van der Waals surface area contributed by atoms with Gasteiger partial charge in [0.15, 0.2) is 0 Å². The van der Waals surface area contributed by atoms with Crippen LogP contribution in [-0.2, 0) is 20.7 Å². The highest BCUT2D eigenvalue weighted by molar-refractivity contribution is 7.10. The number of ether oxygens (including phenoxy) is 1. The lowest BCUT2D eigenvalue weighted by molar-refractivity contribution is -0.146. The molecule has 1 unspecified atom stereocenters. The number of amides is 2. The van der Waals surface area contributed by atoms with Gasteiger partial charge in [-0.25, -0.2) is 0 Å². The molecule has 0 saturated carbocycles. The predicted octanol–water partition coefficient (Wildman–Crippen LogP) is 5.40. The molecule has 5 nitrogen and oxygen atoms in total. The van der Waals surface area contributed by atoms with Gasteiger partial charge < -0.3 is 14.5 Å². The average Bonchev–Trinajstić information content (AvgIpc) is 3.29. The van der Waals surface area contributed by atoms with E-state index in [2.05, 4.69) is 11.4 Å². The summed E-state index contributed by atoms with van der Waals surface area (Å²) in [6.45, 7) is 7.83. The summed E-state index contributed by atoms with van der Waals surface area (Å²) in [6.07, 6.45) is 1.48. The second kappa shape index (κ2) is 11.7. The summed E-state index contributed by atoms with van der Waals surface area (Å²) < 4.78 is 5.44. The summed E-state index contributed by atoms with van der Waals surface area (Å²) in [4.78, 5) is 31.7. The molecular formula is C25H32Cl2N2O3S. The van der Waals surface area contributed by atoms with Crippen molar-refractivity contribution in [1.82, 2.24) is 9.80 Å². The molecule has 0 fully saturated rings. The number of hydrogen-bond acceptors (Lipinski definition) is 4. The van der Waals surface area contributed by atoms with Crippen molar-refractivity contribution in [1.29, 1.82) is 0 Å². The molecular weight excluding hydrogens is 479 g/mol. The molecule has 1 aromatic heterocycles. The zero-order valence-corrected chi connectivity index (χ0v) is 21.8. The van der Waals surface area contributed by atoms with Crippen molar-refractivity contribution in [2.45, 2.75) is 39.7 Å². The van der Waals surface area contributed by atoms with E-state index in [4.69, 9.17) is 27.9 Å². The molecule has 1 atom stereocenters. The molecule has 2 aromatic rings. The predicted molar refractivity (Wildman–Crippen MR) is 135 cm³/mol. The fraction of sp³-hybridized carbons (Fsp3) is 0.520. The number of thiophene rings is 1. The third-order valence-corrected chi connectivity index (χ3v) is 7.84. The number of nitrogens with zero attached hydrogens (tertiary/aromatic N) is 2. The van der Waals surface area contributed by atoms with Crippen molar-refractivity contribution < 1.29 is 14.3 Å². The van der Waals surface area contributed by atoms with Crippen LogP contribution in [0, 0.1) is 5.41 Å². The first-order chi connectivity index (χ1) is 15.8. The van der Waals surface area contributed by atoms with E-state index in [1.807, 2.05) is 49.9 Å². The number of alkyl halides is 1. The van der Waals surface area contributed by atoms with Crippen molar-refractivity contribution in [3.63, 3.8) is 0 Å². The first-order valence-electron chi connectivity index (χ1n) is 11.3. The number of halogens is 2. The van der Waals surface area contributed by atoms with Crippen LogP contribution < -0.4 is 0 Å². The van der Waals surface area contributed by atoms with Crippen LogP contribution in [0.15, 0.2) is 35.7 Å². The highest BCUT2D eigenvalue weighted by Gasteiger charge is 2.36. The summed E-state index contributed by atoms with van der Waals surface area (Å²) in [5.41, 5.74) is 1.42. The monoisotopic (exact) mass is 510 g/mol. The molecule has 3 rings (SSSR count). The number of fused-ring (bicyclic) bond motifs is 1. The highest BCUT2D eigenvalue weighted by Crippen LogP contribution is 2.38. The van der Waals surface area contributed by atoms with E-state index in [9.17, 15) is 9.59 Å². The Morgan fingerprint density at radius 2 is 1.97 bits per heavy atom. The summed E-state index contributed by atoms with van der Waals surface area (Å²) in [5.74, 6) is 0.0118. The van der Waals surface area contributed by atoms with Gasteiger partial charge in [0.2, 0.25) is 11.8 Å². The zero-order valence-electron chi connectivity index (χ0n) is 19.5. The molecule has 2 amide bonds. The molecule has 1 aliphatic heterocycles. The van der Waals surface area contributed by atoms with Gasteiger partial charge in [0, 0.05) is 42.1 Å². The molecule has 0 radical (unpaired) electrons. The molecule has 1 aliphatic rings. The molecule has 0 spiro atoms. The van der Waals surface area contributed by atoms with Crippen LogP contribution in [0.3, 0.4) is 0 Å². The van der Waals surface area contributed by atoms with Gasteiger partial charge in [-0.2, -0.15) is 0 Å². The molecule has 2 heterocycles. The van der Waals surface area contributed by atoms with Crippen molar-refractivity contribution in [3.05, 3.63) is 56.7 Å². The SMILES string of the molecule is CCOCCCN(CC(=O)N1CCc2sccc2C1c1ccc(Cl)cc1)C(=O)C(C)(C)CCl. The summed E-state index contributed by atoms with van der Waals surface area (Å²) in [6, 6.07) is 9.56. The van der Waals surface area contributed by atoms with Gasteiger partial charge in [0.25, 0.3) is 0 Å². The summed E-state index contributed by atoms with van der Waals surface area (Å²) >= 11 is 13.9. The van der Waals surface area contributed by atoms with Gasteiger partial charge in [-0.15, -0.1) is 22.9 Å². The van der Waals surface area contributed by atoms with Gasteiger partial charge in [-0.3, -0.25) is 9.59 Å². The molecule has 8 heteroatoms. The topological polar surface area (TPSA) is 49.9 Å². The third-order valence-electron chi connectivity index (χ3n) is 5.92. The van der Waals surface area contributed by atoms with E-state index in [-0.39, 0.29) is 30.3 Å². The Morgan fingerprint density at radius 3 is 2.64 bits per heavy atom. The number of rotatable bonds is 10. The van der Waals surface area contributed by atoms with Gasteiger partial charge in [0.1, 0.15) is 0 Å². The Labute approximate surface area is 210 Å². The lowest BCUT2D eigenvalue weighted by atomic mass is 9.92. The fourth-order valence-corrected chi connectivity index (χ4v) is 5.23. The average molecular weight is 512 g/mol. The Balaban J connectivity index is 1.84. The summed E-state index contributed by atoms with van der Waals surface area (Å²) in [7, 11) is 0. The Kier molecular flexibility index (Phi) is 9.22. The number of hydrogen-bond donors (Lipinski definition) is 0. The van der Waals surface area contributed by atoms with Crippen molar-refractivity contribution in [3.8, 4) is 0 Å². The molecule has 180 valence electrons. The van der Waals surface area contributed by atoms with Crippen LogP contribution in [0.1, 0.15) is 49.2 Å². The Hall–Kier alpha value is -1.60. The Bertz CT molecular complexity index is 945. The normalized spacial score (nSPS) is 15.9. The van der Waals surface area contributed by atoms with Crippen LogP contribution in [0.2, 0.25) is 5.02 Å². The maximum absolute atomic E-state index is 13.6. The van der Waals surface area contributed by atoms with Crippen LogP contribution in [0.5, 0.6) is 0 Å². The maximum Gasteiger partial charge on any atom is 0.242 e. The standard InChI is InChI=1S/C25H32Cl2N2O3S/c1-4-32-14-5-12-28(24(31)25(2,3)17-26)16-22(30)29-13-10-21-20(11-15-33-21)23(29)18-6-8-19(27)9-7-18/h6-9,11,15,23H,4-5,10,12-14,16-17H2,1-3H3. The number of benzene rings is 1. The van der Waals surface area contributed by atoms with E-state index < -0.39 is 5.41 Å². The summed E-state index contributed by atoms with van der Waals surface area (Å²) in [5, 5.41) is 2.74. The van der Waals surface area contributed by atoms with Gasteiger partial charge in [0.05, 0.1) is 18.0 Å². The van der Waals surface area contributed by atoms with E-state index in [0.717, 1.165) is 17.5 Å². The van der Waals surface area contributed by atoms with E-state index >= 15 is 0 Å². The molecule has 33 heavy (non-hydrogen) atoms. The molecule has 0 bridgehead atoms. The first kappa shape index (κ1) is 26.0. The van der Waals surface area contributed by atoms with Crippen LogP contribution >= 0.6 is 34.5 Å². The van der Waals surface area contributed by atoms with Crippen LogP contribution in [0.4, 0.5) is 0 Å². The zero-order chi connectivity index (χ0) is 24.0. The molecule has 1 aromatic carbocycles.